The Bertz CT molecular complexity index is 563. The van der Waals surface area contributed by atoms with Crippen LogP contribution >= 0.6 is 35.3 Å². The zero-order chi connectivity index (χ0) is 17.4. The molecule has 0 aromatic carbocycles. The van der Waals surface area contributed by atoms with Gasteiger partial charge in [-0.25, -0.2) is 4.79 Å². The van der Waals surface area contributed by atoms with E-state index in [1.54, 1.807) is 11.3 Å². The van der Waals surface area contributed by atoms with E-state index >= 15 is 0 Å². The summed E-state index contributed by atoms with van der Waals surface area (Å²) in [6.07, 6.45) is 1.02. The van der Waals surface area contributed by atoms with Gasteiger partial charge in [0.15, 0.2) is 5.96 Å². The fraction of sp³-hybridized carbons (Fsp3) is 0.562. The molecule has 1 saturated heterocycles. The molecule has 1 unspecified atom stereocenters. The standard InChI is InChI=1S/C16H25N5O2S.HI/c1-3-17-15(18-6-7-21-14(22)11-20-16(21)23)19-10-12(2)9-13-5-4-8-24-13;/h4-5,8,12H,3,6-7,9-11H2,1-2H3,(H,20,23)(H2,17,18,19);1H. The Hall–Kier alpha value is -1.36. The van der Waals surface area contributed by atoms with Gasteiger partial charge in [0.2, 0.25) is 5.91 Å². The molecule has 2 heterocycles. The second kappa shape index (κ2) is 11.3. The lowest BCUT2D eigenvalue weighted by molar-refractivity contribution is -0.124. The molecule has 1 aliphatic rings. The van der Waals surface area contributed by atoms with Crippen LogP contribution in [0.5, 0.6) is 0 Å². The van der Waals surface area contributed by atoms with Gasteiger partial charge in [-0.05, 0) is 30.7 Å². The van der Waals surface area contributed by atoms with E-state index < -0.39 is 0 Å². The quantitative estimate of drug-likeness (QED) is 0.229. The van der Waals surface area contributed by atoms with Gasteiger partial charge in [-0.3, -0.25) is 14.7 Å². The summed E-state index contributed by atoms with van der Waals surface area (Å²) in [7, 11) is 0. The first kappa shape index (κ1) is 21.7. The lowest BCUT2D eigenvalue weighted by atomic mass is 10.1. The molecule has 1 aromatic rings. The third-order valence-corrected chi connectivity index (χ3v) is 4.50. The maximum Gasteiger partial charge on any atom is 0.324 e. The average molecular weight is 479 g/mol. The van der Waals surface area contributed by atoms with E-state index in [0.717, 1.165) is 19.5 Å². The minimum atomic E-state index is -0.326. The summed E-state index contributed by atoms with van der Waals surface area (Å²) >= 11 is 1.77. The monoisotopic (exact) mass is 479 g/mol. The van der Waals surface area contributed by atoms with Crippen molar-refractivity contribution in [2.45, 2.75) is 20.3 Å². The van der Waals surface area contributed by atoms with Crippen LogP contribution in [0.1, 0.15) is 18.7 Å². The second-order valence-electron chi connectivity index (χ2n) is 5.74. The SMILES string of the molecule is CCNC(=NCC(C)Cc1cccs1)NCCN1C(=O)CNC1=O.I. The number of rotatable bonds is 8. The molecule has 0 radical (unpaired) electrons. The number of hydrogen-bond donors (Lipinski definition) is 3. The zero-order valence-corrected chi connectivity index (χ0v) is 17.7. The molecule has 2 rings (SSSR count). The second-order valence-corrected chi connectivity index (χ2v) is 6.77. The van der Waals surface area contributed by atoms with Gasteiger partial charge >= 0.3 is 6.03 Å². The van der Waals surface area contributed by atoms with Crippen molar-refractivity contribution in [3.63, 3.8) is 0 Å². The van der Waals surface area contributed by atoms with Crippen molar-refractivity contribution in [3.8, 4) is 0 Å². The number of imide groups is 1. The summed E-state index contributed by atoms with van der Waals surface area (Å²) in [5.41, 5.74) is 0. The van der Waals surface area contributed by atoms with E-state index in [-0.39, 0.29) is 42.5 Å². The summed E-state index contributed by atoms with van der Waals surface area (Å²) in [6.45, 7) is 6.56. The molecule has 25 heavy (non-hydrogen) atoms. The van der Waals surface area contributed by atoms with Crippen LogP contribution in [0.2, 0.25) is 0 Å². The van der Waals surface area contributed by atoms with Crippen molar-refractivity contribution in [1.29, 1.82) is 0 Å². The normalized spacial score (nSPS) is 15.6. The number of hydrogen-bond acceptors (Lipinski definition) is 4. The van der Waals surface area contributed by atoms with Crippen LogP contribution < -0.4 is 16.0 Å². The number of urea groups is 1. The first-order valence-electron chi connectivity index (χ1n) is 8.23. The number of halogens is 1. The van der Waals surface area contributed by atoms with Crippen molar-refractivity contribution in [2.24, 2.45) is 10.9 Å². The molecule has 140 valence electrons. The number of carbonyl (C=O) groups excluding carboxylic acids is 2. The molecule has 1 aromatic heterocycles. The Morgan fingerprint density at radius 3 is 2.84 bits per heavy atom. The van der Waals surface area contributed by atoms with Gasteiger partial charge in [-0.2, -0.15) is 0 Å². The van der Waals surface area contributed by atoms with Crippen molar-refractivity contribution in [3.05, 3.63) is 22.4 Å². The Morgan fingerprint density at radius 2 is 2.24 bits per heavy atom. The molecule has 9 heteroatoms. The molecule has 7 nitrogen and oxygen atoms in total. The van der Waals surface area contributed by atoms with E-state index in [0.29, 0.717) is 25.0 Å². The highest BCUT2D eigenvalue weighted by atomic mass is 127. The van der Waals surface area contributed by atoms with E-state index in [1.807, 2.05) is 6.92 Å². The Kier molecular flexibility index (Phi) is 9.79. The third kappa shape index (κ3) is 7.18. The highest BCUT2D eigenvalue weighted by molar-refractivity contribution is 14.0. The number of nitrogens with zero attached hydrogens (tertiary/aromatic N) is 2. The molecular weight excluding hydrogens is 453 g/mol. The van der Waals surface area contributed by atoms with Crippen LogP contribution in [0.15, 0.2) is 22.5 Å². The van der Waals surface area contributed by atoms with Crippen LogP contribution in [-0.2, 0) is 11.2 Å². The summed E-state index contributed by atoms with van der Waals surface area (Å²) in [5.74, 6) is 0.973. The predicted octanol–water partition coefficient (Wildman–Crippen LogP) is 1.65. The van der Waals surface area contributed by atoms with Crippen LogP contribution in [0.4, 0.5) is 4.79 Å². The molecular formula is C16H26IN5O2S. The first-order valence-corrected chi connectivity index (χ1v) is 9.11. The van der Waals surface area contributed by atoms with Crippen molar-refractivity contribution >= 4 is 53.2 Å². The van der Waals surface area contributed by atoms with Gasteiger partial charge in [0.25, 0.3) is 0 Å². The van der Waals surface area contributed by atoms with Gasteiger partial charge in [-0.1, -0.05) is 13.0 Å². The summed E-state index contributed by atoms with van der Waals surface area (Å²) in [5, 5.41) is 11.0. The van der Waals surface area contributed by atoms with E-state index in [1.165, 1.54) is 9.78 Å². The number of carbonyl (C=O) groups is 2. The number of guanidine groups is 1. The minimum absolute atomic E-state index is 0. The summed E-state index contributed by atoms with van der Waals surface area (Å²) in [4.78, 5) is 30.2. The largest absolute Gasteiger partial charge is 0.357 e. The van der Waals surface area contributed by atoms with E-state index in [4.69, 9.17) is 0 Å². The maximum absolute atomic E-state index is 11.5. The Labute approximate surface area is 169 Å². The lowest BCUT2D eigenvalue weighted by Crippen LogP contribution is -2.43. The Morgan fingerprint density at radius 1 is 1.44 bits per heavy atom. The van der Waals surface area contributed by atoms with Crippen LogP contribution in [0.25, 0.3) is 0 Å². The molecule has 0 bridgehead atoms. The zero-order valence-electron chi connectivity index (χ0n) is 14.6. The molecule has 0 spiro atoms. The van der Waals surface area contributed by atoms with Crippen LogP contribution in [0.3, 0.4) is 0 Å². The molecule has 3 N–H and O–H groups in total. The van der Waals surface area contributed by atoms with Gasteiger partial charge in [0.1, 0.15) is 0 Å². The van der Waals surface area contributed by atoms with Gasteiger partial charge in [0.05, 0.1) is 6.54 Å². The summed E-state index contributed by atoms with van der Waals surface area (Å²) in [6, 6.07) is 3.89. The van der Waals surface area contributed by atoms with Crippen molar-refractivity contribution in [2.75, 3.05) is 32.7 Å². The number of thiophene rings is 1. The predicted molar refractivity (Wildman–Crippen MR) is 112 cm³/mol. The van der Waals surface area contributed by atoms with Crippen molar-refractivity contribution < 1.29 is 9.59 Å². The number of amides is 3. The lowest BCUT2D eigenvalue weighted by Gasteiger charge is -2.16. The smallest absolute Gasteiger partial charge is 0.324 e. The van der Waals surface area contributed by atoms with Crippen LogP contribution in [0, 0.1) is 5.92 Å². The topological polar surface area (TPSA) is 85.8 Å². The summed E-state index contributed by atoms with van der Waals surface area (Å²) < 4.78 is 0. The first-order chi connectivity index (χ1) is 11.6. The average Bonchev–Trinajstić information content (AvgIpc) is 3.17. The van der Waals surface area contributed by atoms with Gasteiger partial charge in [0, 0.05) is 31.1 Å². The highest BCUT2D eigenvalue weighted by Gasteiger charge is 2.27. The van der Waals surface area contributed by atoms with Crippen molar-refractivity contribution in [1.82, 2.24) is 20.9 Å². The van der Waals surface area contributed by atoms with Crippen LogP contribution in [-0.4, -0.2) is 55.5 Å². The van der Waals surface area contributed by atoms with Gasteiger partial charge in [-0.15, -0.1) is 35.3 Å². The fourth-order valence-corrected chi connectivity index (χ4v) is 3.26. The third-order valence-electron chi connectivity index (χ3n) is 3.60. The molecule has 0 saturated carbocycles. The molecule has 1 fully saturated rings. The maximum atomic E-state index is 11.5. The van der Waals surface area contributed by atoms with E-state index in [9.17, 15) is 9.59 Å². The number of aliphatic imine (C=N–C) groups is 1. The van der Waals surface area contributed by atoms with Gasteiger partial charge < -0.3 is 16.0 Å². The number of nitrogens with one attached hydrogen (secondary N) is 3. The molecule has 1 atom stereocenters. The minimum Gasteiger partial charge on any atom is -0.357 e. The Balaban J connectivity index is 0.00000312. The fourth-order valence-electron chi connectivity index (χ4n) is 2.39. The molecule has 3 amide bonds. The van der Waals surface area contributed by atoms with E-state index in [2.05, 4.69) is 45.4 Å². The molecule has 0 aliphatic carbocycles. The highest BCUT2D eigenvalue weighted by Crippen LogP contribution is 2.14. The molecule has 1 aliphatic heterocycles.